The van der Waals surface area contributed by atoms with E-state index in [-0.39, 0.29) is 0 Å². The van der Waals surface area contributed by atoms with Crippen LogP contribution in [0.3, 0.4) is 0 Å². The third-order valence-electron chi connectivity index (χ3n) is 2.55. The van der Waals surface area contributed by atoms with Gasteiger partial charge in [-0.1, -0.05) is 0 Å². The molecule has 1 aliphatic heterocycles. The number of nitrogens with zero attached hydrogens (tertiary/aromatic N) is 3. The standard InChI is InChI=1S/C9H11N5O/c15-8-4-10-3-7-6(8)5-14(13-7)9-1-2-11-12-9/h1-2,5,8,10,15H,3-4H2,(H,11,12). The molecule has 0 fully saturated rings. The quantitative estimate of drug-likeness (QED) is 0.599. The Balaban J connectivity index is 2.06. The fourth-order valence-corrected chi connectivity index (χ4v) is 1.78. The third kappa shape index (κ3) is 1.34. The number of hydrogen-bond donors (Lipinski definition) is 3. The molecule has 3 heterocycles. The number of β-amino-alcohol motifs (C(OH)–C–C–N with tert-alkyl or cyclic N) is 1. The number of aliphatic hydroxyl groups excluding tert-OH is 1. The summed E-state index contributed by atoms with van der Waals surface area (Å²) in [6.45, 7) is 1.29. The van der Waals surface area contributed by atoms with Gasteiger partial charge in [-0.25, -0.2) is 4.68 Å². The van der Waals surface area contributed by atoms with Crippen LogP contribution in [0.5, 0.6) is 0 Å². The van der Waals surface area contributed by atoms with Crippen LogP contribution in [0.1, 0.15) is 17.4 Å². The first-order valence-corrected chi connectivity index (χ1v) is 4.81. The van der Waals surface area contributed by atoms with E-state index < -0.39 is 6.10 Å². The summed E-state index contributed by atoms with van der Waals surface area (Å²) >= 11 is 0. The van der Waals surface area contributed by atoms with E-state index in [9.17, 15) is 5.11 Å². The number of aliphatic hydroxyl groups is 1. The van der Waals surface area contributed by atoms with E-state index >= 15 is 0 Å². The maximum absolute atomic E-state index is 9.73. The second kappa shape index (κ2) is 3.18. The zero-order valence-electron chi connectivity index (χ0n) is 8.01. The highest BCUT2D eigenvalue weighted by Crippen LogP contribution is 2.21. The van der Waals surface area contributed by atoms with Crippen LogP contribution in [0.25, 0.3) is 5.82 Å². The summed E-state index contributed by atoms with van der Waals surface area (Å²) in [5.41, 5.74) is 1.78. The monoisotopic (exact) mass is 205 g/mol. The van der Waals surface area contributed by atoms with Gasteiger partial charge in [0.1, 0.15) is 5.82 Å². The summed E-state index contributed by atoms with van der Waals surface area (Å²) in [5, 5.41) is 23.9. The SMILES string of the molecule is OC1CNCc2nn(-c3ccn[nH]3)cc21. The number of aromatic nitrogens is 4. The van der Waals surface area contributed by atoms with Crippen LogP contribution < -0.4 is 5.32 Å². The fraction of sp³-hybridized carbons (Fsp3) is 0.333. The molecule has 6 heteroatoms. The van der Waals surface area contributed by atoms with E-state index in [1.54, 1.807) is 10.9 Å². The summed E-state index contributed by atoms with van der Waals surface area (Å²) in [4.78, 5) is 0. The molecule has 78 valence electrons. The summed E-state index contributed by atoms with van der Waals surface area (Å²) in [6.07, 6.45) is 3.05. The molecule has 0 saturated carbocycles. The molecule has 0 spiro atoms. The number of H-pyrrole nitrogens is 1. The molecule has 3 rings (SSSR count). The van der Waals surface area contributed by atoms with E-state index in [0.717, 1.165) is 17.1 Å². The zero-order valence-corrected chi connectivity index (χ0v) is 8.01. The van der Waals surface area contributed by atoms with Gasteiger partial charge in [0.25, 0.3) is 0 Å². The van der Waals surface area contributed by atoms with E-state index in [2.05, 4.69) is 20.6 Å². The zero-order chi connectivity index (χ0) is 10.3. The van der Waals surface area contributed by atoms with Crippen molar-refractivity contribution < 1.29 is 5.11 Å². The number of nitrogens with one attached hydrogen (secondary N) is 2. The largest absolute Gasteiger partial charge is 0.387 e. The second-order valence-corrected chi connectivity index (χ2v) is 3.56. The number of hydrogen-bond acceptors (Lipinski definition) is 4. The van der Waals surface area contributed by atoms with Crippen LogP contribution in [0, 0.1) is 0 Å². The summed E-state index contributed by atoms with van der Waals surface area (Å²) in [7, 11) is 0. The molecule has 1 unspecified atom stereocenters. The van der Waals surface area contributed by atoms with Gasteiger partial charge in [0, 0.05) is 30.9 Å². The van der Waals surface area contributed by atoms with Crippen LogP contribution in [0.15, 0.2) is 18.5 Å². The van der Waals surface area contributed by atoms with Crippen LogP contribution in [-0.4, -0.2) is 31.6 Å². The van der Waals surface area contributed by atoms with Crippen LogP contribution in [-0.2, 0) is 6.54 Å². The third-order valence-corrected chi connectivity index (χ3v) is 2.55. The van der Waals surface area contributed by atoms with Gasteiger partial charge < -0.3 is 10.4 Å². The van der Waals surface area contributed by atoms with Gasteiger partial charge in [-0.15, -0.1) is 0 Å². The number of rotatable bonds is 1. The predicted octanol–water partition coefficient (Wildman–Crippen LogP) is -0.268. The summed E-state index contributed by atoms with van der Waals surface area (Å²) in [6, 6.07) is 1.83. The molecule has 0 radical (unpaired) electrons. The Morgan fingerprint density at radius 1 is 1.53 bits per heavy atom. The van der Waals surface area contributed by atoms with E-state index in [1.165, 1.54) is 0 Å². The Morgan fingerprint density at radius 3 is 3.20 bits per heavy atom. The predicted molar refractivity (Wildman–Crippen MR) is 52.4 cm³/mol. The average Bonchev–Trinajstić information content (AvgIpc) is 2.86. The second-order valence-electron chi connectivity index (χ2n) is 3.56. The highest BCUT2D eigenvalue weighted by molar-refractivity contribution is 5.28. The Labute approximate surface area is 85.9 Å². The first kappa shape index (κ1) is 8.63. The van der Waals surface area contributed by atoms with Gasteiger partial charge in [-0.05, 0) is 0 Å². The Bertz CT molecular complexity index is 461. The lowest BCUT2D eigenvalue weighted by atomic mass is 10.1. The fourth-order valence-electron chi connectivity index (χ4n) is 1.78. The molecular formula is C9H11N5O. The minimum atomic E-state index is -0.467. The maximum Gasteiger partial charge on any atom is 0.149 e. The van der Waals surface area contributed by atoms with Gasteiger partial charge in [-0.3, -0.25) is 5.10 Å². The van der Waals surface area contributed by atoms with Gasteiger partial charge in [0.2, 0.25) is 0 Å². The first-order valence-electron chi connectivity index (χ1n) is 4.81. The van der Waals surface area contributed by atoms with Crippen molar-refractivity contribution in [2.75, 3.05) is 6.54 Å². The van der Waals surface area contributed by atoms with Gasteiger partial charge in [0.05, 0.1) is 18.0 Å². The van der Waals surface area contributed by atoms with Crippen LogP contribution >= 0.6 is 0 Å². The van der Waals surface area contributed by atoms with E-state index in [0.29, 0.717) is 13.1 Å². The molecule has 15 heavy (non-hydrogen) atoms. The molecule has 1 atom stereocenters. The molecule has 0 amide bonds. The minimum Gasteiger partial charge on any atom is -0.387 e. The lowest BCUT2D eigenvalue weighted by Gasteiger charge is -2.16. The summed E-state index contributed by atoms with van der Waals surface area (Å²) < 4.78 is 1.70. The average molecular weight is 205 g/mol. The van der Waals surface area contributed by atoms with Crippen LogP contribution in [0.4, 0.5) is 0 Å². The van der Waals surface area contributed by atoms with Crippen LogP contribution in [0.2, 0.25) is 0 Å². The van der Waals surface area contributed by atoms with Gasteiger partial charge in [0.15, 0.2) is 0 Å². The molecule has 0 aromatic carbocycles. The van der Waals surface area contributed by atoms with Crippen molar-refractivity contribution in [3.63, 3.8) is 0 Å². The molecule has 3 N–H and O–H groups in total. The number of fused-ring (bicyclic) bond motifs is 1. The van der Waals surface area contributed by atoms with Crippen molar-refractivity contribution in [1.82, 2.24) is 25.3 Å². The van der Waals surface area contributed by atoms with Crippen molar-refractivity contribution in [3.05, 3.63) is 29.7 Å². The molecule has 6 nitrogen and oxygen atoms in total. The lowest BCUT2D eigenvalue weighted by molar-refractivity contribution is 0.165. The van der Waals surface area contributed by atoms with Gasteiger partial charge >= 0.3 is 0 Å². The Morgan fingerprint density at radius 2 is 2.47 bits per heavy atom. The lowest BCUT2D eigenvalue weighted by Crippen LogP contribution is -2.27. The topological polar surface area (TPSA) is 78.8 Å². The van der Waals surface area contributed by atoms with Gasteiger partial charge in [-0.2, -0.15) is 10.2 Å². The normalized spacial score (nSPS) is 20.2. The smallest absolute Gasteiger partial charge is 0.149 e. The van der Waals surface area contributed by atoms with Crippen molar-refractivity contribution in [3.8, 4) is 5.82 Å². The Kier molecular flexibility index (Phi) is 1.83. The van der Waals surface area contributed by atoms with Crippen molar-refractivity contribution in [2.24, 2.45) is 0 Å². The summed E-state index contributed by atoms with van der Waals surface area (Å²) in [5.74, 6) is 0.802. The molecular weight excluding hydrogens is 194 g/mol. The highest BCUT2D eigenvalue weighted by Gasteiger charge is 2.21. The first-order chi connectivity index (χ1) is 7.34. The number of aromatic amines is 1. The van der Waals surface area contributed by atoms with Crippen molar-refractivity contribution >= 4 is 0 Å². The molecule has 1 aliphatic rings. The molecule has 0 bridgehead atoms. The maximum atomic E-state index is 9.73. The molecule has 0 aliphatic carbocycles. The minimum absolute atomic E-state index is 0.467. The van der Waals surface area contributed by atoms with E-state index in [1.807, 2.05) is 12.3 Å². The van der Waals surface area contributed by atoms with E-state index in [4.69, 9.17) is 0 Å². The van der Waals surface area contributed by atoms with Crippen molar-refractivity contribution in [2.45, 2.75) is 12.6 Å². The molecule has 0 saturated heterocycles. The van der Waals surface area contributed by atoms with Crippen molar-refractivity contribution in [1.29, 1.82) is 0 Å². The molecule has 2 aromatic heterocycles. The Hall–Kier alpha value is -1.66. The highest BCUT2D eigenvalue weighted by atomic mass is 16.3. The molecule has 2 aromatic rings.